The van der Waals surface area contributed by atoms with Gasteiger partial charge in [0.25, 0.3) is 0 Å². The second kappa shape index (κ2) is 12.9. The van der Waals surface area contributed by atoms with Crippen LogP contribution in [0.4, 0.5) is 5.82 Å². The molecule has 8 heteroatoms. The molecule has 184 valence electrons. The van der Waals surface area contributed by atoms with Crippen LogP contribution in [0.3, 0.4) is 0 Å². The number of fused-ring (bicyclic) bond motifs is 1. The van der Waals surface area contributed by atoms with Crippen LogP contribution >= 0.6 is 0 Å². The summed E-state index contributed by atoms with van der Waals surface area (Å²) in [6.45, 7) is 9.83. The molecule has 0 spiro atoms. The number of nitrogen functional groups attached to an aromatic ring is 1. The first-order valence-electron chi connectivity index (χ1n) is 11.8. The maximum atomic E-state index is 6.16. The number of para-hydroxylation sites is 2. The molecule has 0 aliphatic carbocycles. The summed E-state index contributed by atoms with van der Waals surface area (Å²) < 4.78 is 2.06. The standard InChI is InChI=1S/C21H23N7O.2C2H6.CH4/c1-29-27-8-6-16(7-9-27)28-13-15(12-24-28)14-10-17(20(22)23-11-14)21-25-18-4-2-3-5-19(18)26-21;2*1-2;/h2-5,10-13,16H,6-9H2,1H3,(H2,22,23)(H,25,26);2*1-2H3;1H4. The second-order valence-electron chi connectivity index (χ2n) is 7.31. The van der Waals surface area contributed by atoms with Crippen LogP contribution in [-0.4, -0.2) is 50.0 Å². The zero-order valence-electron chi connectivity index (χ0n) is 20.2. The topological polar surface area (TPSA) is 97.9 Å². The molecule has 1 aromatic carbocycles. The molecule has 0 bridgehead atoms. The maximum Gasteiger partial charge on any atom is 0.142 e. The molecule has 1 aliphatic heterocycles. The van der Waals surface area contributed by atoms with Crippen LogP contribution in [0.5, 0.6) is 0 Å². The van der Waals surface area contributed by atoms with Crippen molar-refractivity contribution in [3.05, 3.63) is 48.9 Å². The van der Waals surface area contributed by atoms with Gasteiger partial charge in [-0.25, -0.2) is 9.97 Å². The lowest BCUT2D eigenvalue weighted by Crippen LogP contribution is -2.33. The third kappa shape index (κ3) is 5.81. The predicted molar refractivity (Wildman–Crippen MR) is 141 cm³/mol. The van der Waals surface area contributed by atoms with Crippen LogP contribution < -0.4 is 5.73 Å². The summed E-state index contributed by atoms with van der Waals surface area (Å²) in [5.41, 5.74) is 10.8. The number of nitrogens with one attached hydrogen (secondary N) is 1. The smallest absolute Gasteiger partial charge is 0.142 e. The molecule has 34 heavy (non-hydrogen) atoms. The highest BCUT2D eigenvalue weighted by atomic mass is 16.7. The van der Waals surface area contributed by atoms with Crippen LogP contribution in [0, 0.1) is 0 Å². The summed E-state index contributed by atoms with van der Waals surface area (Å²) in [4.78, 5) is 17.7. The Morgan fingerprint density at radius 1 is 1.03 bits per heavy atom. The average Bonchev–Trinajstić information content (AvgIpc) is 3.55. The lowest BCUT2D eigenvalue weighted by Gasteiger charge is -2.30. The number of aromatic amines is 1. The number of nitrogens with zero attached hydrogens (tertiary/aromatic N) is 5. The van der Waals surface area contributed by atoms with Gasteiger partial charge in [0, 0.05) is 36.6 Å². The average molecular weight is 466 g/mol. The lowest BCUT2D eigenvalue weighted by atomic mass is 10.1. The highest BCUT2D eigenvalue weighted by Gasteiger charge is 2.21. The number of pyridine rings is 1. The summed E-state index contributed by atoms with van der Waals surface area (Å²) in [5, 5.41) is 6.59. The fourth-order valence-electron chi connectivity index (χ4n) is 3.88. The van der Waals surface area contributed by atoms with Gasteiger partial charge in [-0.1, -0.05) is 47.3 Å². The molecule has 4 heterocycles. The largest absolute Gasteiger partial charge is 0.383 e. The minimum atomic E-state index is 0. The third-order valence-electron chi connectivity index (χ3n) is 5.55. The lowest BCUT2D eigenvalue weighted by molar-refractivity contribution is -0.147. The summed E-state index contributed by atoms with van der Waals surface area (Å²) in [6, 6.07) is 10.3. The van der Waals surface area contributed by atoms with Gasteiger partial charge in [0.2, 0.25) is 0 Å². The molecule has 3 aromatic heterocycles. The Kier molecular flexibility index (Phi) is 10.2. The van der Waals surface area contributed by atoms with Crippen molar-refractivity contribution in [2.75, 3.05) is 25.9 Å². The summed E-state index contributed by atoms with van der Waals surface area (Å²) in [7, 11) is 1.72. The van der Waals surface area contributed by atoms with E-state index in [4.69, 9.17) is 10.6 Å². The Morgan fingerprint density at radius 3 is 2.41 bits per heavy atom. The SMILES string of the molecule is C.CC.CC.CON1CCC(n2cc(-c3cnc(N)c(-c4nc5ccccc5[nH]4)c3)cn2)CC1. The highest BCUT2D eigenvalue weighted by molar-refractivity contribution is 5.83. The van der Waals surface area contributed by atoms with Gasteiger partial charge in [-0.2, -0.15) is 10.2 Å². The van der Waals surface area contributed by atoms with Gasteiger partial charge in [0.1, 0.15) is 11.6 Å². The van der Waals surface area contributed by atoms with Crippen molar-refractivity contribution < 1.29 is 4.84 Å². The zero-order chi connectivity index (χ0) is 23.8. The molecule has 0 atom stereocenters. The molecular formula is C26H39N7O. The van der Waals surface area contributed by atoms with Gasteiger partial charge in [-0.15, -0.1) is 0 Å². The first kappa shape index (κ1) is 27.0. The van der Waals surface area contributed by atoms with Crippen LogP contribution in [0.2, 0.25) is 0 Å². The van der Waals surface area contributed by atoms with E-state index < -0.39 is 0 Å². The first-order valence-corrected chi connectivity index (χ1v) is 11.8. The fraction of sp³-hybridized carbons (Fsp3) is 0.423. The number of piperidine rings is 1. The fourth-order valence-corrected chi connectivity index (χ4v) is 3.88. The molecule has 0 saturated carbocycles. The van der Waals surface area contributed by atoms with E-state index in [0.717, 1.165) is 59.5 Å². The van der Waals surface area contributed by atoms with E-state index in [9.17, 15) is 0 Å². The minimum Gasteiger partial charge on any atom is -0.383 e. The van der Waals surface area contributed by atoms with Crippen molar-refractivity contribution in [2.45, 2.75) is 54.0 Å². The quantitative estimate of drug-likeness (QED) is 0.386. The number of rotatable bonds is 4. The molecule has 0 radical (unpaired) electrons. The van der Waals surface area contributed by atoms with Crippen LogP contribution in [-0.2, 0) is 4.84 Å². The van der Waals surface area contributed by atoms with Crippen molar-refractivity contribution in [1.29, 1.82) is 0 Å². The second-order valence-corrected chi connectivity index (χ2v) is 7.31. The molecule has 0 unspecified atom stereocenters. The number of H-pyrrole nitrogens is 1. The number of hydrogen-bond donors (Lipinski definition) is 2. The summed E-state index contributed by atoms with van der Waals surface area (Å²) >= 11 is 0. The number of aromatic nitrogens is 5. The zero-order valence-corrected chi connectivity index (χ0v) is 20.2. The number of hydroxylamine groups is 2. The van der Waals surface area contributed by atoms with E-state index in [1.807, 2.05) is 69.3 Å². The minimum absolute atomic E-state index is 0. The number of benzene rings is 1. The Hall–Kier alpha value is -3.23. The van der Waals surface area contributed by atoms with E-state index in [1.54, 1.807) is 13.3 Å². The molecule has 3 N–H and O–H groups in total. The molecule has 1 saturated heterocycles. The normalized spacial score (nSPS) is 13.9. The van der Waals surface area contributed by atoms with E-state index >= 15 is 0 Å². The first-order chi connectivity index (χ1) is 16.2. The number of nitrogens with two attached hydrogens (primary N) is 1. The van der Waals surface area contributed by atoms with Gasteiger partial charge in [0.05, 0.1) is 35.9 Å². The van der Waals surface area contributed by atoms with Crippen molar-refractivity contribution >= 4 is 16.9 Å². The highest BCUT2D eigenvalue weighted by Crippen LogP contribution is 2.30. The molecule has 0 amide bonds. The molecule has 1 aliphatic rings. The maximum absolute atomic E-state index is 6.16. The van der Waals surface area contributed by atoms with Crippen molar-refractivity contribution in [1.82, 2.24) is 29.8 Å². The Bertz CT molecular complexity index is 1110. The predicted octanol–water partition coefficient (Wildman–Crippen LogP) is 5.96. The molecule has 8 nitrogen and oxygen atoms in total. The summed E-state index contributed by atoms with van der Waals surface area (Å²) in [5.74, 6) is 1.17. The number of anilines is 1. The van der Waals surface area contributed by atoms with Gasteiger partial charge >= 0.3 is 0 Å². The van der Waals surface area contributed by atoms with Crippen molar-refractivity contribution in [3.8, 4) is 22.5 Å². The van der Waals surface area contributed by atoms with E-state index in [0.29, 0.717) is 11.9 Å². The van der Waals surface area contributed by atoms with E-state index in [1.165, 1.54) is 0 Å². The van der Waals surface area contributed by atoms with Crippen molar-refractivity contribution in [2.24, 2.45) is 0 Å². The number of hydrogen-bond acceptors (Lipinski definition) is 6. The Labute approximate surface area is 203 Å². The molecule has 5 rings (SSSR count). The van der Waals surface area contributed by atoms with Gasteiger partial charge in [0.15, 0.2) is 0 Å². The Morgan fingerprint density at radius 2 is 1.74 bits per heavy atom. The van der Waals surface area contributed by atoms with Crippen LogP contribution in [0.1, 0.15) is 54.0 Å². The van der Waals surface area contributed by atoms with Crippen molar-refractivity contribution in [3.63, 3.8) is 0 Å². The van der Waals surface area contributed by atoms with Gasteiger partial charge < -0.3 is 15.6 Å². The monoisotopic (exact) mass is 465 g/mol. The van der Waals surface area contributed by atoms with Gasteiger partial charge in [-0.3, -0.25) is 4.68 Å². The number of imidazole rings is 1. The van der Waals surface area contributed by atoms with Gasteiger partial charge in [-0.05, 0) is 31.0 Å². The molecule has 1 fully saturated rings. The Balaban J connectivity index is 0.000000777. The van der Waals surface area contributed by atoms with Crippen LogP contribution in [0.15, 0.2) is 48.9 Å². The summed E-state index contributed by atoms with van der Waals surface area (Å²) in [6.07, 6.45) is 7.79. The van der Waals surface area contributed by atoms with E-state index in [-0.39, 0.29) is 7.43 Å². The third-order valence-corrected chi connectivity index (χ3v) is 5.55. The molecule has 4 aromatic rings. The molecular weight excluding hydrogens is 426 g/mol. The van der Waals surface area contributed by atoms with E-state index in [2.05, 4.69) is 30.9 Å². The van der Waals surface area contributed by atoms with Crippen LogP contribution in [0.25, 0.3) is 33.5 Å².